The third-order valence-corrected chi connectivity index (χ3v) is 6.91. The number of nitrogens with zero attached hydrogens (tertiary/aromatic N) is 3. The van der Waals surface area contributed by atoms with E-state index in [4.69, 9.17) is 14.5 Å². The lowest BCUT2D eigenvalue weighted by molar-refractivity contribution is -0.117. The van der Waals surface area contributed by atoms with Gasteiger partial charge >= 0.3 is 0 Å². The van der Waals surface area contributed by atoms with E-state index in [1.54, 1.807) is 25.2 Å². The van der Waals surface area contributed by atoms with Crippen molar-refractivity contribution in [2.75, 3.05) is 26.1 Å². The number of hydrogen-bond donors (Lipinski definition) is 1. The molecule has 2 amide bonds. The number of benzene rings is 4. The number of imidazole rings is 1. The van der Waals surface area contributed by atoms with Gasteiger partial charge in [-0.25, -0.2) is 4.98 Å². The SMILES string of the molecule is COc1ccc(-c2cn(-c3ccc(OC)cc3)c(NC(=O)CN(Cc3ccccc3)C(=O)c3ccccc3C)n2)cc1. The van der Waals surface area contributed by atoms with Crippen LogP contribution in [0, 0.1) is 6.92 Å². The smallest absolute Gasteiger partial charge is 0.254 e. The first kappa shape index (κ1) is 28.2. The van der Waals surface area contributed by atoms with E-state index in [0.717, 1.165) is 28.1 Å². The molecule has 0 aliphatic carbocycles. The van der Waals surface area contributed by atoms with Gasteiger partial charge < -0.3 is 14.4 Å². The van der Waals surface area contributed by atoms with Crippen molar-refractivity contribution in [3.63, 3.8) is 0 Å². The van der Waals surface area contributed by atoms with E-state index in [-0.39, 0.29) is 24.9 Å². The first-order valence-electron chi connectivity index (χ1n) is 13.5. The van der Waals surface area contributed by atoms with Crippen LogP contribution in [0.3, 0.4) is 0 Å². The highest BCUT2D eigenvalue weighted by molar-refractivity contribution is 6.00. The number of carbonyl (C=O) groups excluding carboxylic acids is 2. The monoisotopic (exact) mass is 560 g/mol. The van der Waals surface area contributed by atoms with Gasteiger partial charge in [0.1, 0.15) is 18.0 Å². The van der Waals surface area contributed by atoms with Crippen LogP contribution in [0.25, 0.3) is 16.9 Å². The predicted octanol–water partition coefficient (Wildman–Crippen LogP) is 6.15. The minimum atomic E-state index is -0.366. The van der Waals surface area contributed by atoms with E-state index in [1.165, 1.54) is 0 Å². The minimum Gasteiger partial charge on any atom is -0.497 e. The fourth-order valence-electron chi connectivity index (χ4n) is 4.63. The van der Waals surface area contributed by atoms with E-state index < -0.39 is 0 Å². The molecule has 8 nitrogen and oxygen atoms in total. The summed E-state index contributed by atoms with van der Waals surface area (Å²) in [6, 6.07) is 32.0. The van der Waals surface area contributed by atoms with Gasteiger partial charge in [0.25, 0.3) is 5.91 Å². The molecule has 5 rings (SSSR count). The summed E-state index contributed by atoms with van der Waals surface area (Å²) in [5, 5.41) is 2.95. The fourth-order valence-corrected chi connectivity index (χ4v) is 4.63. The van der Waals surface area contributed by atoms with Crippen molar-refractivity contribution in [2.24, 2.45) is 0 Å². The number of nitrogens with one attached hydrogen (secondary N) is 1. The lowest BCUT2D eigenvalue weighted by Gasteiger charge is -2.23. The maximum Gasteiger partial charge on any atom is 0.254 e. The van der Waals surface area contributed by atoms with Crippen molar-refractivity contribution in [3.8, 4) is 28.4 Å². The Bertz CT molecular complexity index is 1660. The molecule has 0 saturated carbocycles. The largest absolute Gasteiger partial charge is 0.497 e. The molecule has 8 heteroatoms. The summed E-state index contributed by atoms with van der Waals surface area (Å²) in [5.41, 5.74) is 4.65. The molecule has 1 N–H and O–H groups in total. The molecule has 0 saturated heterocycles. The van der Waals surface area contributed by atoms with Crippen LogP contribution in [0.1, 0.15) is 21.5 Å². The van der Waals surface area contributed by atoms with Crippen LogP contribution in [0.4, 0.5) is 5.95 Å². The van der Waals surface area contributed by atoms with Gasteiger partial charge in [-0.05, 0) is 72.6 Å². The molecule has 5 aromatic rings. The molecule has 0 radical (unpaired) electrons. The maximum absolute atomic E-state index is 13.7. The first-order valence-corrected chi connectivity index (χ1v) is 13.5. The van der Waals surface area contributed by atoms with Crippen LogP contribution in [0.5, 0.6) is 11.5 Å². The Hall–Kier alpha value is -5.37. The van der Waals surface area contributed by atoms with Crippen LogP contribution in [-0.2, 0) is 11.3 Å². The lowest BCUT2D eigenvalue weighted by Crippen LogP contribution is -2.38. The number of aryl methyl sites for hydroxylation is 1. The molecule has 4 aromatic carbocycles. The summed E-state index contributed by atoms with van der Waals surface area (Å²) < 4.78 is 12.4. The van der Waals surface area contributed by atoms with Gasteiger partial charge in [0.05, 0.1) is 19.9 Å². The zero-order chi connectivity index (χ0) is 29.5. The summed E-state index contributed by atoms with van der Waals surface area (Å²) in [6.45, 7) is 2.02. The number of anilines is 1. The number of amides is 2. The number of carbonyl (C=O) groups is 2. The third-order valence-electron chi connectivity index (χ3n) is 6.91. The van der Waals surface area contributed by atoms with Crippen molar-refractivity contribution < 1.29 is 19.1 Å². The standard InChI is InChI=1S/C34H32N4O4/c1-24-9-7-8-12-30(24)33(40)37(21-25-10-5-4-6-11-25)23-32(39)36-34-35-31(26-13-17-28(41-2)18-14-26)22-38(34)27-15-19-29(42-3)20-16-27/h4-20,22H,21,23H2,1-3H3,(H,35,36,39). The number of methoxy groups -OCH3 is 2. The van der Waals surface area contributed by atoms with Gasteiger partial charge in [0.2, 0.25) is 11.9 Å². The predicted molar refractivity (Wildman–Crippen MR) is 163 cm³/mol. The molecule has 0 aliphatic heterocycles. The van der Waals surface area contributed by atoms with E-state index >= 15 is 0 Å². The van der Waals surface area contributed by atoms with Crippen molar-refractivity contribution in [3.05, 3.63) is 126 Å². The van der Waals surface area contributed by atoms with E-state index in [0.29, 0.717) is 23.0 Å². The zero-order valence-corrected chi connectivity index (χ0v) is 23.8. The van der Waals surface area contributed by atoms with Crippen LogP contribution in [-0.4, -0.2) is 47.0 Å². The Balaban J connectivity index is 1.45. The van der Waals surface area contributed by atoms with Crippen LogP contribution in [0.2, 0.25) is 0 Å². The zero-order valence-electron chi connectivity index (χ0n) is 23.8. The second-order valence-electron chi connectivity index (χ2n) is 9.76. The Kier molecular flexibility index (Phi) is 8.63. The van der Waals surface area contributed by atoms with Crippen molar-refractivity contribution in [1.29, 1.82) is 0 Å². The van der Waals surface area contributed by atoms with Crippen molar-refractivity contribution in [2.45, 2.75) is 13.5 Å². The molecule has 0 spiro atoms. The normalized spacial score (nSPS) is 10.6. The molecule has 0 unspecified atom stereocenters. The Morgan fingerprint density at radius 3 is 2.07 bits per heavy atom. The summed E-state index contributed by atoms with van der Waals surface area (Å²) in [6.07, 6.45) is 1.86. The number of rotatable bonds is 10. The second-order valence-corrected chi connectivity index (χ2v) is 9.76. The molecule has 1 aromatic heterocycles. The van der Waals surface area contributed by atoms with Gasteiger partial charge in [-0.3, -0.25) is 19.5 Å². The molecule has 0 bridgehead atoms. The highest BCUT2D eigenvalue weighted by Gasteiger charge is 2.22. The molecule has 42 heavy (non-hydrogen) atoms. The van der Waals surface area contributed by atoms with Gasteiger partial charge in [-0.2, -0.15) is 0 Å². The van der Waals surface area contributed by atoms with E-state index in [9.17, 15) is 9.59 Å². The lowest BCUT2D eigenvalue weighted by atomic mass is 10.1. The highest BCUT2D eigenvalue weighted by Crippen LogP contribution is 2.27. The Morgan fingerprint density at radius 2 is 1.43 bits per heavy atom. The molecule has 0 atom stereocenters. The van der Waals surface area contributed by atoms with Gasteiger partial charge in [-0.15, -0.1) is 0 Å². The van der Waals surface area contributed by atoms with Crippen LogP contribution >= 0.6 is 0 Å². The fraction of sp³-hybridized carbons (Fsp3) is 0.147. The average Bonchev–Trinajstić information content (AvgIpc) is 3.44. The number of aromatic nitrogens is 2. The minimum absolute atomic E-state index is 0.157. The van der Waals surface area contributed by atoms with Crippen molar-refractivity contribution >= 4 is 17.8 Å². The highest BCUT2D eigenvalue weighted by atomic mass is 16.5. The molecular weight excluding hydrogens is 528 g/mol. The topological polar surface area (TPSA) is 85.7 Å². The quantitative estimate of drug-likeness (QED) is 0.222. The van der Waals surface area contributed by atoms with E-state index in [2.05, 4.69) is 5.32 Å². The van der Waals surface area contributed by atoms with Crippen molar-refractivity contribution in [1.82, 2.24) is 14.5 Å². The van der Waals surface area contributed by atoms with Gasteiger partial charge in [0.15, 0.2) is 0 Å². The van der Waals surface area contributed by atoms with Crippen LogP contribution in [0.15, 0.2) is 109 Å². The Labute approximate surface area is 245 Å². The summed E-state index contributed by atoms with van der Waals surface area (Å²) >= 11 is 0. The average molecular weight is 561 g/mol. The molecule has 1 heterocycles. The third kappa shape index (κ3) is 6.50. The molecule has 212 valence electrons. The molecule has 0 fully saturated rings. The van der Waals surface area contributed by atoms with Gasteiger partial charge in [-0.1, -0.05) is 48.5 Å². The van der Waals surface area contributed by atoms with E-state index in [1.807, 2.05) is 115 Å². The van der Waals surface area contributed by atoms with Gasteiger partial charge in [0, 0.05) is 29.6 Å². The molecular formula is C34H32N4O4. The summed E-state index contributed by atoms with van der Waals surface area (Å²) in [4.78, 5) is 33.5. The second kappa shape index (κ2) is 12.9. The number of ether oxygens (including phenoxy) is 2. The Morgan fingerprint density at radius 1 is 0.810 bits per heavy atom. The summed E-state index contributed by atoms with van der Waals surface area (Å²) in [5.74, 6) is 1.20. The molecule has 0 aliphatic rings. The van der Waals surface area contributed by atoms with Crippen LogP contribution < -0.4 is 14.8 Å². The first-order chi connectivity index (χ1) is 20.4. The number of hydrogen-bond acceptors (Lipinski definition) is 5. The summed E-state index contributed by atoms with van der Waals surface area (Å²) in [7, 11) is 3.23. The maximum atomic E-state index is 13.7.